The zero-order valence-corrected chi connectivity index (χ0v) is 14.3. The number of aromatic nitrogens is 2. The molecule has 6 nitrogen and oxygen atoms in total. The highest BCUT2D eigenvalue weighted by molar-refractivity contribution is 5.98. The molecule has 0 N–H and O–H groups in total. The molecule has 0 saturated carbocycles. The van der Waals surface area contributed by atoms with Gasteiger partial charge in [0.1, 0.15) is 11.2 Å². The van der Waals surface area contributed by atoms with Gasteiger partial charge in [-0.15, -0.1) is 0 Å². The molecule has 2 heterocycles. The van der Waals surface area contributed by atoms with Gasteiger partial charge in [-0.05, 0) is 19.4 Å². The number of carbonyl (C=O) groups is 2. The van der Waals surface area contributed by atoms with Crippen LogP contribution in [0.15, 0.2) is 42.9 Å². The molecule has 24 heavy (non-hydrogen) atoms. The summed E-state index contributed by atoms with van der Waals surface area (Å²) in [4.78, 5) is 33.2. The maximum absolute atomic E-state index is 12.9. The lowest BCUT2D eigenvalue weighted by atomic mass is 9.96. The second-order valence-corrected chi connectivity index (χ2v) is 6.62. The highest BCUT2D eigenvalue weighted by Crippen LogP contribution is 2.25. The number of rotatable bonds is 3. The molecule has 1 aliphatic heterocycles. The van der Waals surface area contributed by atoms with Gasteiger partial charge < -0.3 is 14.4 Å². The molecule has 1 fully saturated rings. The fourth-order valence-corrected chi connectivity index (χ4v) is 3.12. The van der Waals surface area contributed by atoms with Crippen LogP contribution in [-0.4, -0.2) is 49.8 Å². The molecule has 0 radical (unpaired) electrons. The van der Waals surface area contributed by atoms with Gasteiger partial charge >= 0.3 is 0 Å². The molecule has 126 valence electrons. The van der Waals surface area contributed by atoms with Crippen molar-refractivity contribution in [2.24, 2.45) is 7.05 Å². The molecule has 3 rings (SSSR count). The summed E-state index contributed by atoms with van der Waals surface area (Å²) in [6.07, 6.45) is 3.13. The van der Waals surface area contributed by atoms with E-state index in [0.717, 1.165) is 5.56 Å². The summed E-state index contributed by atoms with van der Waals surface area (Å²) in [5.41, 5.74) is 0.703. The lowest BCUT2D eigenvalue weighted by Crippen LogP contribution is -2.64. The maximum Gasteiger partial charge on any atom is 0.273 e. The molecule has 0 bridgehead atoms. The first-order valence-corrected chi connectivity index (χ1v) is 8.03. The molecule has 1 aliphatic rings. The number of amides is 2. The summed E-state index contributed by atoms with van der Waals surface area (Å²) < 4.78 is 1.68. The molecular weight excluding hydrogens is 304 g/mol. The topological polar surface area (TPSA) is 58.4 Å². The van der Waals surface area contributed by atoms with E-state index in [2.05, 4.69) is 4.98 Å². The predicted octanol–water partition coefficient (Wildman–Crippen LogP) is 1.68. The van der Waals surface area contributed by atoms with Crippen molar-refractivity contribution in [3.63, 3.8) is 0 Å². The third kappa shape index (κ3) is 2.79. The van der Waals surface area contributed by atoms with Crippen molar-refractivity contribution in [1.29, 1.82) is 0 Å². The minimum Gasteiger partial charge on any atom is -0.335 e. The number of nitrogens with zero attached hydrogens (tertiary/aromatic N) is 4. The highest BCUT2D eigenvalue weighted by Gasteiger charge is 2.44. The van der Waals surface area contributed by atoms with Crippen LogP contribution in [0.4, 0.5) is 0 Å². The van der Waals surface area contributed by atoms with Crippen LogP contribution in [0.25, 0.3) is 0 Å². The summed E-state index contributed by atoms with van der Waals surface area (Å²) >= 11 is 0. The Hall–Kier alpha value is -2.63. The number of piperazine rings is 1. The summed E-state index contributed by atoms with van der Waals surface area (Å²) in [7, 11) is 1.78. The molecule has 2 aromatic rings. The minimum atomic E-state index is -0.881. The average molecular weight is 326 g/mol. The number of aryl methyl sites for hydroxylation is 1. The Morgan fingerprint density at radius 2 is 1.92 bits per heavy atom. The number of benzene rings is 1. The van der Waals surface area contributed by atoms with Crippen LogP contribution in [-0.2, 0) is 18.4 Å². The smallest absolute Gasteiger partial charge is 0.273 e. The maximum atomic E-state index is 12.9. The van der Waals surface area contributed by atoms with E-state index in [9.17, 15) is 9.59 Å². The van der Waals surface area contributed by atoms with Crippen LogP contribution < -0.4 is 0 Å². The van der Waals surface area contributed by atoms with E-state index in [1.807, 2.05) is 35.2 Å². The summed E-state index contributed by atoms with van der Waals surface area (Å²) in [6, 6.07) is 9.90. The van der Waals surface area contributed by atoms with E-state index in [1.54, 1.807) is 42.9 Å². The summed E-state index contributed by atoms with van der Waals surface area (Å²) in [5, 5.41) is 0. The first-order chi connectivity index (χ1) is 11.4. The molecule has 2 amide bonds. The second kappa shape index (κ2) is 6.11. The van der Waals surface area contributed by atoms with Gasteiger partial charge in [0.05, 0.1) is 12.5 Å². The third-order valence-corrected chi connectivity index (χ3v) is 4.58. The van der Waals surface area contributed by atoms with E-state index in [0.29, 0.717) is 25.3 Å². The normalized spacial score (nSPS) is 17.2. The number of carbonyl (C=O) groups excluding carboxylic acids is 2. The second-order valence-electron chi connectivity index (χ2n) is 6.62. The molecule has 0 unspecified atom stereocenters. The van der Waals surface area contributed by atoms with Gasteiger partial charge in [0.2, 0.25) is 5.91 Å². The van der Waals surface area contributed by atoms with Crippen LogP contribution >= 0.6 is 0 Å². The molecular formula is C18H22N4O2. The van der Waals surface area contributed by atoms with Crippen LogP contribution in [0.3, 0.4) is 0 Å². The quantitative estimate of drug-likeness (QED) is 0.862. The predicted molar refractivity (Wildman–Crippen MR) is 90.2 cm³/mol. The van der Waals surface area contributed by atoms with Crippen molar-refractivity contribution in [2.45, 2.75) is 25.9 Å². The van der Waals surface area contributed by atoms with Crippen LogP contribution in [0.5, 0.6) is 0 Å². The van der Waals surface area contributed by atoms with Gasteiger partial charge in [-0.3, -0.25) is 9.59 Å². The Balaban J connectivity index is 1.79. The Kier molecular flexibility index (Phi) is 4.13. The van der Waals surface area contributed by atoms with E-state index in [-0.39, 0.29) is 11.8 Å². The van der Waals surface area contributed by atoms with Gasteiger partial charge in [0.15, 0.2) is 0 Å². The van der Waals surface area contributed by atoms with Crippen molar-refractivity contribution in [2.75, 3.05) is 13.1 Å². The molecule has 6 heteroatoms. The van der Waals surface area contributed by atoms with Crippen molar-refractivity contribution >= 4 is 11.8 Å². The Bertz CT molecular complexity index is 751. The third-order valence-electron chi connectivity index (χ3n) is 4.58. The SMILES string of the molecule is Cn1cncc1C(=O)N1CCN(Cc2ccccc2)C(=O)C1(C)C. The number of hydrogen-bond donors (Lipinski definition) is 0. The Morgan fingerprint density at radius 1 is 1.21 bits per heavy atom. The van der Waals surface area contributed by atoms with Crippen molar-refractivity contribution in [3.8, 4) is 0 Å². The van der Waals surface area contributed by atoms with Crippen molar-refractivity contribution in [1.82, 2.24) is 19.4 Å². The summed E-state index contributed by atoms with van der Waals surface area (Å²) in [5.74, 6) is -0.194. The average Bonchev–Trinajstić information content (AvgIpc) is 2.98. The van der Waals surface area contributed by atoms with Gasteiger partial charge in [0, 0.05) is 26.7 Å². The molecule has 0 aliphatic carbocycles. The largest absolute Gasteiger partial charge is 0.335 e. The van der Waals surface area contributed by atoms with Crippen LogP contribution in [0.1, 0.15) is 29.9 Å². The van der Waals surface area contributed by atoms with Gasteiger partial charge in [-0.1, -0.05) is 30.3 Å². The zero-order valence-electron chi connectivity index (χ0n) is 14.3. The fourth-order valence-electron chi connectivity index (χ4n) is 3.12. The van der Waals surface area contributed by atoms with E-state index >= 15 is 0 Å². The molecule has 1 aromatic carbocycles. The van der Waals surface area contributed by atoms with E-state index in [4.69, 9.17) is 0 Å². The lowest BCUT2D eigenvalue weighted by Gasteiger charge is -2.45. The Labute approximate surface area is 141 Å². The monoisotopic (exact) mass is 326 g/mol. The van der Waals surface area contributed by atoms with E-state index in [1.165, 1.54) is 0 Å². The summed E-state index contributed by atoms with van der Waals surface area (Å²) in [6.45, 7) is 5.22. The minimum absolute atomic E-state index is 0.0341. The Morgan fingerprint density at radius 3 is 2.54 bits per heavy atom. The van der Waals surface area contributed by atoms with Crippen LogP contribution in [0, 0.1) is 0 Å². The zero-order chi connectivity index (χ0) is 17.3. The lowest BCUT2D eigenvalue weighted by molar-refractivity contribution is -0.147. The first-order valence-electron chi connectivity index (χ1n) is 8.03. The molecule has 1 aromatic heterocycles. The fraction of sp³-hybridized carbons (Fsp3) is 0.389. The van der Waals surface area contributed by atoms with Crippen molar-refractivity contribution < 1.29 is 9.59 Å². The van der Waals surface area contributed by atoms with Gasteiger partial charge in [-0.2, -0.15) is 0 Å². The standard InChI is InChI=1S/C18H22N4O2/c1-18(2)17(24)21(12-14-7-5-4-6-8-14)9-10-22(18)16(23)15-11-19-13-20(15)3/h4-8,11,13H,9-10,12H2,1-3H3. The van der Waals surface area contributed by atoms with Gasteiger partial charge in [-0.25, -0.2) is 4.98 Å². The molecule has 0 atom stereocenters. The number of imidazole rings is 1. The molecule has 0 spiro atoms. The first kappa shape index (κ1) is 16.2. The molecule has 1 saturated heterocycles. The number of hydrogen-bond acceptors (Lipinski definition) is 3. The van der Waals surface area contributed by atoms with E-state index < -0.39 is 5.54 Å². The van der Waals surface area contributed by atoms with Gasteiger partial charge in [0.25, 0.3) is 5.91 Å². The van der Waals surface area contributed by atoms with Crippen LogP contribution in [0.2, 0.25) is 0 Å². The highest BCUT2D eigenvalue weighted by atomic mass is 16.2. The van der Waals surface area contributed by atoms with Crippen molar-refractivity contribution in [3.05, 3.63) is 54.1 Å².